The van der Waals surface area contributed by atoms with E-state index in [-0.39, 0.29) is 41.6 Å². The van der Waals surface area contributed by atoms with E-state index >= 15 is 0 Å². The Kier molecular flexibility index (Phi) is 16.2. The van der Waals surface area contributed by atoms with Crippen molar-refractivity contribution < 1.29 is 99.6 Å². The van der Waals surface area contributed by atoms with Crippen molar-refractivity contribution in [1.29, 1.82) is 0 Å². The minimum Gasteiger partial charge on any atom is -0.429 e. The molecule has 0 amide bonds. The zero-order valence-electron chi connectivity index (χ0n) is 38.3. The largest absolute Gasteiger partial charge is 0.429 e. The van der Waals surface area contributed by atoms with E-state index in [9.17, 15) is 71.2 Å². The van der Waals surface area contributed by atoms with Crippen LogP contribution in [-0.2, 0) is 33.2 Å². The maximum atomic E-state index is 13.7. The van der Waals surface area contributed by atoms with Crippen molar-refractivity contribution in [2.45, 2.75) is 196 Å². The minimum absolute atomic E-state index is 0.105. The molecule has 3 saturated heterocycles. The Morgan fingerprint density at radius 2 is 1.27 bits per heavy atom. The van der Waals surface area contributed by atoms with Crippen LogP contribution in [0.5, 0.6) is 0 Å². The van der Waals surface area contributed by atoms with Crippen molar-refractivity contribution in [2.75, 3.05) is 19.8 Å². The molecule has 3 saturated carbocycles. The number of aliphatic hydroxyl groups excluding tert-OH is 13. The van der Waals surface area contributed by atoms with Crippen molar-refractivity contribution in [2.24, 2.45) is 40.4 Å². The molecule has 0 aromatic heterocycles. The van der Waals surface area contributed by atoms with E-state index in [2.05, 4.69) is 19.9 Å². The summed E-state index contributed by atoms with van der Waals surface area (Å²) in [5, 5.41) is 137. The molecule has 66 heavy (non-hydrogen) atoms. The van der Waals surface area contributed by atoms with Crippen LogP contribution >= 0.6 is 0 Å². The summed E-state index contributed by atoms with van der Waals surface area (Å²) in [5.41, 5.74) is 1.11. The van der Waals surface area contributed by atoms with Crippen LogP contribution in [0.2, 0.25) is 0 Å². The average Bonchev–Trinajstić information content (AvgIpc) is 3.65. The van der Waals surface area contributed by atoms with Crippen LogP contribution in [-0.4, -0.2) is 203 Å². The van der Waals surface area contributed by atoms with Crippen LogP contribution in [0.15, 0.2) is 22.8 Å². The molecule has 6 fully saturated rings. The highest BCUT2D eigenvalue weighted by molar-refractivity contribution is 5.88. The number of rotatable bonds is 13. The first-order valence-electron chi connectivity index (χ1n) is 23.6. The van der Waals surface area contributed by atoms with Gasteiger partial charge in [0.25, 0.3) is 0 Å². The van der Waals surface area contributed by atoms with E-state index in [0.29, 0.717) is 23.8 Å². The van der Waals surface area contributed by atoms with Gasteiger partial charge in [-0.1, -0.05) is 38.0 Å². The molecule has 25 atom stereocenters. The molecule has 0 spiro atoms. The highest BCUT2D eigenvalue weighted by atomic mass is 16.8. The third kappa shape index (κ3) is 9.32. The molecule has 0 aromatic carbocycles. The molecular weight excluding hydrogens is 872 g/mol. The predicted octanol–water partition coefficient (Wildman–Crippen LogP) is -2.39. The van der Waals surface area contributed by atoms with Crippen LogP contribution in [0.4, 0.5) is 0 Å². The quantitative estimate of drug-likeness (QED) is 0.0521. The lowest BCUT2D eigenvalue weighted by Crippen LogP contribution is -2.64. The van der Waals surface area contributed by atoms with Gasteiger partial charge < -0.3 is 94.8 Å². The molecule has 0 aromatic rings. The first-order chi connectivity index (χ1) is 31.1. The van der Waals surface area contributed by atoms with E-state index in [1.165, 1.54) is 6.92 Å². The summed E-state index contributed by atoms with van der Waals surface area (Å²) >= 11 is 0. The van der Waals surface area contributed by atoms with Crippen molar-refractivity contribution in [1.82, 2.24) is 0 Å². The van der Waals surface area contributed by atoms with E-state index in [1.807, 2.05) is 6.92 Å². The third-order valence-corrected chi connectivity index (χ3v) is 17.3. The van der Waals surface area contributed by atoms with Gasteiger partial charge in [0.2, 0.25) is 6.29 Å². The van der Waals surface area contributed by atoms with Crippen molar-refractivity contribution in [3.63, 3.8) is 0 Å². The number of carbonyl (C=O) groups is 1. The first kappa shape index (κ1) is 52.1. The van der Waals surface area contributed by atoms with E-state index in [0.717, 1.165) is 37.7 Å². The van der Waals surface area contributed by atoms with Gasteiger partial charge in [0, 0.05) is 17.4 Å². The Balaban J connectivity index is 0.988. The SMILES string of the molecule is C/C(CC(O)C(C)C1CCC2C3CC=C4CC(OC5OC(CO)C(O)C(O)C5O)CC(O)C4(C)C3CCC12C)=C(\C)C(=O)OC1OC(CO)C(O)C(O)C1OC1OC(CO)C(O)C(O)C1O. The van der Waals surface area contributed by atoms with Crippen LogP contribution in [0.25, 0.3) is 0 Å². The standard InChI is InChI=1S/C46H74O20/c1-18(19(2)41(60)66-44-40(37(57)34(54)30(17-49)64-44)65-43-39(59)36(56)33(53)29(16-48)63-43)12-27(50)20(3)24-8-9-25-23-7-6-21-13-22(61-42-38(58)35(55)32(52)28(15-47)62-42)14-31(51)46(21,5)26(23)10-11-45(24,25)4/h6,20,22-40,42-44,47-59H,7-17H2,1-5H3/b19-18-. The van der Waals surface area contributed by atoms with Crippen molar-refractivity contribution >= 4 is 5.97 Å². The summed E-state index contributed by atoms with van der Waals surface area (Å²) in [5.74, 6) is -0.0992. The first-order valence-corrected chi connectivity index (χ1v) is 23.6. The highest BCUT2D eigenvalue weighted by Gasteiger charge is 2.62. The van der Waals surface area contributed by atoms with Crippen molar-refractivity contribution in [3.8, 4) is 0 Å². The van der Waals surface area contributed by atoms with Gasteiger partial charge >= 0.3 is 5.97 Å². The molecule has 3 heterocycles. The maximum Gasteiger partial charge on any atom is 0.336 e. The van der Waals surface area contributed by atoms with Gasteiger partial charge in [0.1, 0.15) is 67.1 Å². The Morgan fingerprint density at radius 3 is 1.85 bits per heavy atom. The molecular formula is C46H74O20. The molecule has 7 aliphatic rings. The zero-order chi connectivity index (χ0) is 48.3. The summed E-state index contributed by atoms with van der Waals surface area (Å²) in [7, 11) is 0. The summed E-state index contributed by atoms with van der Waals surface area (Å²) in [6, 6.07) is 0. The second-order valence-electron chi connectivity index (χ2n) is 20.7. The minimum atomic E-state index is -1.88. The van der Waals surface area contributed by atoms with E-state index in [4.69, 9.17) is 28.4 Å². The number of ether oxygens (including phenoxy) is 6. The third-order valence-electron chi connectivity index (χ3n) is 17.3. The van der Waals surface area contributed by atoms with E-state index < -0.39 is 142 Å². The second kappa shape index (κ2) is 20.5. The van der Waals surface area contributed by atoms with Gasteiger partial charge in [-0.15, -0.1) is 0 Å². The molecule has 20 heteroatoms. The molecule has 7 rings (SSSR count). The topological polar surface area (TPSA) is 335 Å². The second-order valence-corrected chi connectivity index (χ2v) is 20.7. The lowest BCUT2D eigenvalue weighted by atomic mass is 9.46. The molecule has 20 nitrogen and oxygen atoms in total. The fourth-order valence-electron chi connectivity index (χ4n) is 13.0. The molecule has 4 aliphatic carbocycles. The number of carbonyl (C=O) groups excluding carboxylic acids is 1. The number of aliphatic hydroxyl groups is 13. The number of hydrogen-bond acceptors (Lipinski definition) is 20. The van der Waals surface area contributed by atoms with Crippen LogP contribution in [0.1, 0.15) is 86.0 Å². The Hall–Kier alpha value is -1.77. The molecule has 3 aliphatic heterocycles. The van der Waals surface area contributed by atoms with Crippen LogP contribution < -0.4 is 0 Å². The predicted molar refractivity (Wildman–Crippen MR) is 226 cm³/mol. The Morgan fingerprint density at radius 1 is 0.727 bits per heavy atom. The fraction of sp³-hybridized carbons (Fsp3) is 0.891. The van der Waals surface area contributed by atoms with Crippen LogP contribution in [0, 0.1) is 40.4 Å². The summed E-state index contributed by atoms with van der Waals surface area (Å²) in [6.07, 6.45) is -18.6. The molecule has 0 radical (unpaired) electrons. The monoisotopic (exact) mass is 946 g/mol. The van der Waals surface area contributed by atoms with Gasteiger partial charge in [-0.25, -0.2) is 4.79 Å². The Labute approximate surface area is 384 Å². The average molecular weight is 947 g/mol. The number of hydrogen-bond donors (Lipinski definition) is 13. The maximum absolute atomic E-state index is 13.7. The molecule has 0 bridgehead atoms. The van der Waals surface area contributed by atoms with Crippen molar-refractivity contribution in [3.05, 3.63) is 22.8 Å². The number of esters is 1. The van der Waals surface area contributed by atoms with Gasteiger partial charge in [0.05, 0.1) is 38.1 Å². The fourth-order valence-corrected chi connectivity index (χ4v) is 13.0. The van der Waals surface area contributed by atoms with E-state index in [1.54, 1.807) is 6.92 Å². The smallest absolute Gasteiger partial charge is 0.336 e. The number of allylic oxidation sites excluding steroid dienone is 1. The lowest BCUT2D eigenvalue weighted by Gasteiger charge is -2.60. The highest BCUT2D eigenvalue weighted by Crippen LogP contribution is 2.67. The molecule has 378 valence electrons. The number of fused-ring (bicyclic) bond motifs is 5. The summed E-state index contributed by atoms with van der Waals surface area (Å²) in [4.78, 5) is 13.7. The normalized spacial score (nSPS) is 49.7. The van der Waals surface area contributed by atoms with Gasteiger partial charge in [0.15, 0.2) is 18.7 Å². The zero-order valence-corrected chi connectivity index (χ0v) is 38.3. The summed E-state index contributed by atoms with van der Waals surface area (Å²) < 4.78 is 34.1. The lowest BCUT2D eigenvalue weighted by molar-refractivity contribution is -0.362. The van der Waals surface area contributed by atoms with Gasteiger partial charge in [-0.2, -0.15) is 0 Å². The Bertz CT molecular complexity index is 1740. The van der Waals surface area contributed by atoms with Gasteiger partial charge in [-0.3, -0.25) is 0 Å². The van der Waals surface area contributed by atoms with Gasteiger partial charge in [-0.05, 0) is 93.8 Å². The molecule has 25 unspecified atom stereocenters. The van der Waals surface area contributed by atoms with Crippen LogP contribution in [0.3, 0.4) is 0 Å². The summed E-state index contributed by atoms with van der Waals surface area (Å²) in [6.45, 7) is 7.59. The molecule has 13 N–H and O–H groups in total.